The quantitative estimate of drug-likeness (QED) is 0.278. The molecule has 0 bridgehead atoms. The molecular formula is C28H23N5O2S. The average Bonchev–Trinajstić information content (AvgIpc) is 3.69. The summed E-state index contributed by atoms with van der Waals surface area (Å²) in [5.74, 6) is 0.933. The Balaban J connectivity index is 1.24. The van der Waals surface area contributed by atoms with Crippen molar-refractivity contribution in [2.45, 2.75) is 24.2 Å². The number of carbonyl (C=O) groups excluding carboxylic acids is 1. The summed E-state index contributed by atoms with van der Waals surface area (Å²) < 4.78 is 7.31. The molecule has 7 nitrogen and oxygen atoms in total. The Morgan fingerprint density at radius 1 is 0.972 bits per heavy atom. The molecule has 0 fully saturated rings. The number of fused-ring (bicyclic) bond motifs is 1. The number of hydrogen-bond donors (Lipinski definition) is 0. The van der Waals surface area contributed by atoms with Gasteiger partial charge in [0, 0.05) is 6.42 Å². The topological polar surface area (TPSA) is 76.5 Å². The molecule has 3 aromatic carbocycles. The van der Waals surface area contributed by atoms with E-state index in [9.17, 15) is 4.79 Å². The minimum absolute atomic E-state index is 0.0720. The second-order valence-corrected chi connectivity index (χ2v) is 9.53. The molecule has 0 aliphatic carbocycles. The van der Waals surface area contributed by atoms with E-state index in [0.717, 1.165) is 28.0 Å². The van der Waals surface area contributed by atoms with Gasteiger partial charge in [-0.3, -0.25) is 4.79 Å². The van der Waals surface area contributed by atoms with Gasteiger partial charge in [0.15, 0.2) is 5.16 Å². The van der Waals surface area contributed by atoms with Gasteiger partial charge in [-0.05, 0) is 40.1 Å². The zero-order valence-electron chi connectivity index (χ0n) is 19.4. The van der Waals surface area contributed by atoms with Crippen molar-refractivity contribution in [3.63, 3.8) is 0 Å². The number of thioether (sulfide) groups is 1. The van der Waals surface area contributed by atoms with Crippen molar-refractivity contribution in [3.05, 3.63) is 114 Å². The van der Waals surface area contributed by atoms with Gasteiger partial charge >= 0.3 is 0 Å². The average molecular weight is 494 g/mol. The first kappa shape index (κ1) is 22.3. The Morgan fingerprint density at radius 2 is 1.81 bits per heavy atom. The molecule has 2 aromatic heterocycles. The maximum absolute atomic E-state index is 13.5. The lowest BCUT2D eigenvalue weighted by Crippen LogP contribution is -2.28. The zero-order valence-corrected chi connectivity index (χ0v) is 20.2. The van der Waals surface area contributed by atoms with E-state index in [0.29, 0.717) is 18.1 Å². The third-order valence-electron chi connectivity index (χ3n) is 6.24. The predicted molar refractivity (Wildman–Crippen MR) is 140 cm³/mol. The fraction of sp³-hybridized carbons (Fsp3) is 0.143. The van der Waals surface area contributed by atoms with E-state index in [4.69, 9.17) is 9.52 Å². The van der Waals surface area contributed by atoms with Crippen LogP contribution >= 0.6 is 11.8 Å². The van der Waals surface area contributed by atoms with Crippen LogP contribution in [0.1, 0.15) is 29.3 Å². The number of aromatic nitrogens is 3. The molecule has 5 aromatic rings. The molecule has 3 heterocycles. The number of benzene rings is 3. The molecule has 1 aliphatic rings. The van der Waals surface area contributed by atoms with E-state index in [1.807, 2.05) is 47.0 Å². The first-order chi connectivity index (χ1) is 17.7. The number of amides is 1. The smallest absolute Gasteiger partial charge is 0.253 e. The van der Waals surface area contributed by atoms with E-state index in [-0.39, 0.29) is 17.7 Å². The lowest BCUT2D eigenvalue weighted by atomic mass is 9.97. The Kier molecular flexibility index (Phi) is 6.09. The summed E-state index contributed by atoms with van der Waals surface area (Å²) >= 11 is 1.35. The number of hydrogen-bond acceptors (Lipinski definition) is 6. The van der Waals surface area contributed by atoms with Crippen LogP contribution in [-0.4, -0.2) is 37.1 Å². The number of rotatable bonds is 7. The predicted octanol–water partition coefficient (Wildman–Crippen LogP) is 5.54. The van der Waals surface area contributed by atoms with Gasteiger partial charge in [0.05, 0.1) is 30.3 Å². The van der Waals surface area contributed by atoms with E-state index >= 15 is 0 Å². The highest BCUT2D eigenvalue weighted by Crippen LogP contribution is 2.34. The van der Waals surface area contributed by atoms with Crippen molar-refractivity contribution >= 4 is 34.2 Å². The first-order valence-electron chi connectivity index (χ1n) is 11.7. The Labute approximate surface area is 212 Å². The largest absolute Gasteiger partial charge is 0.467 e. The summed E-state index contributed by atoms with van der Waals surface area (Å²) in [6.07, 6.45) is 3.94. The van der Waals surface area contributed by atoms with Crippen LogP contribution in [0.3, 0.4) is 0 Å². The van der Waals surface area contributed by atoms with Crippen LogP contribution in [0, 0.1) is 0 Å². The van der Waals surface area contributed by atoms with E-state index in [2.05, 4.69) is 52.7 Å². The second-order valence-electron chi connectivity index (χ2n) is 8.59. The SMILES string of the molecule is O=C(CSc1nncn1Cc1ccco1)N1N=C(c2ccc3ccccc3c2)CC1c1ccccc1. The van der Waals surface area contributed by atoms with Crippen molar-refractivity contribution < 1.29 is 9.21 Å². The fourth-order valence-electron chi connectivity index (χ4n) is 4.45. The van der Waals surface area contributed by atoms with E-state index in [1.165, 1.54) is 17.1 Å². The van der Waals surface area contributed by atoms with Crippen LogP contribution in [0.5, 0.6) is 0 Å². The van der Waals surface area contributed by atoms with Crippen LogP contribution in [0.25, 0.3) is 10.8 Å². The highest BCUT2D eigenvalue weighted by Gasteiger charge is 2.33. The van der Waals surface area contributed by atoms with Gasteiger partial charge in [-0.1, -0.05) is 78.5 Å². The molecule has 1 aliphatic heterocycles. The molecule has 8 heteroatoms. The minimum atomic E-state index is -0.151. The molecule has 0 spiro atoms. The van der Waals surface area contributed by atoms with Crippen LogP contribution in [0.4, 0.5) is 0 Å². The van der Waals surface area contributed by atoms with Gasteiger partial charge in [0.25, 0.3) is 5.91 Å². The molecule has 178 valence electrons. The van der Waals surface area contributed by atoms with Crippen molar-refractivity contribution in [2.24, 2.45) is 5.10 Å². The summed E-state index contributed by atoms with van der Waals surface area (Å²) in [5.41, 5.74) is 3.01. The standard InChI is InChI=1S/C28H23N5O2S/c34-27(18-36-28-30-29-19-32(28)17-24-11-6-14-35-24)33-26(21-8-2-1-3-9-21)16-25(31-33)23-13-12-20-7-4-5-10-22(20)15-23/h1-15,19,26H,16-18H2. The summed E-state index contributed by atoms with van der Waals surface area (Å²) in [7, 11) is 0. The number of carbonyl (C=O) groups is 1. The lowest BCUT2D eigenvalue weighted by molar-refractivity contribution is -0.130. The molecule has 1 atom stereocenters. The zero-order chi connectivity index (χ0) is 24.3. The van der Waals surface area contributed by atoms with Crippen LogP contribution in [0.2, 0.25) is 0 Å². The second kappa shape index (κ2) is 9.83. The Morgan fingerprint density at radius 3 is 2.64 bits per heavy atom. The molecule has 36 heavy (non-hydrogen) atoms. The van der Waals surface area contributed by atoms with Gasteiger partial charge in [-0.2, -0.15) is 5.10 Å². The van der Waals surface area contributed by atoms with Gasteiger partial charge < -0.3 is 8.98 Å². The van der Waals surface area contributed by atoms with E-state index < -0.39 is 0 Å². The number of furan rings is 1. The summed E-state index contributed by atoms with van der Waals surface area (Å²) in [6.45, 7) is 0.511. The van der Waals surface area contributed by atoms with Crippen LogP contribution in [-0.2, 0) is 11.3 Å². The molecule has 1 amide bonds. The Hall–Kier alpha value is -4.17. The Bertz CT molecular complexity index is 1530. The third-order valence-corrected chi connectivity index (χ3v) is 7.21. The highest BCUT2D eigenvalue weighted by atomic mass is 32.2. The highest BCUT2D eigenvalue weighted by molar-refractivity contribution is 7.99. The van der Waals surface area contributed by atoms with E-state index in [1.54, 1.807) is 17.6 Å². The third kappa shape index (κ3) is 4.55. The first-order valence-corrected chi connectivity index (χ1v) is 12.7. The number of nitrogens with zero attached hydrogens (tertiary/aromatic N) is 5. The normalized spacial score (nSPS) is 15.4. The molecule has 1 unspecified atom stereocenters. The summed E-state index contributed by atoms with van der Waals surface area (Å²) in [6, 6.07) is 28.3. The van der Waals surface area contributed by atoms with Gasteiger partial charge in [-0.15, -0.1) is 10.2 Å². The van der Waals surface area contributed by atoms with Crippen molar-refractivity contribution in [2.75, 3.05) is 5.75 Å². The van der Waals surface area contributed by atoms with Gasteiger partial charge in [0.2, 0.25) is 0 Å². The van der Waals surface area contributed by atoms with Crippen molar-refractivity contribution in [3.8, 4) is 0 Å². The van der Waals surface area contributed by atoms with Crippen molar-refractivity contribution in [1.82, 2.24) is 19.8 Å². The molecule has 0 saturated carbocycles. The minimum Gasteiger partial charge on any atom is -0.467 e. The number of hydrazone groups is 1. The molecule has 0 N–H and O–H groups in total. The van der Waals surface area contributed by atoms with Crippen LogP contribution < -0.4 is 0 Å². The monoisotopic (exact) mass is 493 g/mol. The van der Waals surface area contributed by atoms with Crippen molar-refractivity contribution in [1.29, 1.82) is 0 Å². The maximum Gasteiger partial charge on any atom is 0.253 e. The molecule has 0 radical (unpaired) electrons. The van der Waals surface area contributed by atoms with Gasteiger partial charge in [0.1, 0.15) is 12.1 Å². The van der Waals surface area contributed by atoms with Crippen LogP contribution in [0.15, 0.2) is 112 Å². The lowest BCUT2D eigenvalue weighted by Gasteiger charge is -2.21. The molecular weight excluding hydrogens is 470 g/mol. The summed E-state index contributed by atoms with van der Waals surface area (Å²) in [5, 5.41) is 17.7. The molecule has 0 saturated heterocycles. The molecule has 6 rings (SSSR count). The van der Waals surface area contributed by atoms with Gasteiger partial charge in [-0.25, -0.2) is 5.01 Å². The summed E-state index contributed by atoms with van der Waals surface area (Å²) in [4.78, 5) is 13.5. The maximum atomic E-state index is 13.5. The fourth-order valence-corrected chi connectivity index (χ4v) is 5.21.